The van der Waals surface area contributed by atoms with Crippen molar-refractivity contribution in [2.45, 2.75) is 20.3 Å². The maximum atomic E-state index is 5.35. The molecule has 0 amide bonds. The van der Waals surface area contributed by atoms with E-state index in [-0.39, 0.29) is 0 Å². The molecule has 0 saturated heterocycles. The van der Waals surface area contributed by atoms with E-state index in [2.05, 4.69) is 22.2 Å². The Morgan fingerprint density at radius 1 is 1.47 bits per heavy atom. The number of nitrogens with one attached hydrogen (secondary N) is 1. The summed E-state index contributed by atoms with van der Waals surface area (Å²) in [5, 5.41) is 3.19. The van der Waals surface area contributed by atoms with Crippen LogP contribution >= 0.6 is 0 Å². The summed E-state index contributed by atoms with van der Waals surface area (Å²) in [6.07, 6.45) is 1.06. The van der Waals surface area contributed by atoms with Gasteiger partial charge in [-0.05, 0) is 13.3 Å². The highest BCUT2D eigenvalue weighted by Gasteiger charge is 2.01. The van der Waals surface area contributed by atoms with Crippen molar-refractivity contribution < 1.29 is 4.74 Å². The van der Waals surface area contributed by atoms with E-state index < -0.39 is 0 Å². The molecule has 0 aliphatic rings. The van der Waals surface area contributed by atoms with Crippen LogP contribution in [-0.4, -0.2) is 29.7 Å². The standard InChI is InChI=1S/C10H18N4O/c1-3-5-12-9-7-10(15-6-4-11)14-8(2)13-9/h7H,3-6,11H2,1-2H3,(H,12,13,14). The van der Waals surface area contributed by atoms with Crippen LogP contribution < -0.4 is 15.8 Å². The smallest absolute Gasteiger partial charge is 0.218 e. The summed E-state index contributed by atoms with van der Waals surface area (Å²) in [5.74, 6) is 2.08. The summed E-state index contributed by atoms with van der Waals surface area (Å²) in [6, 6.07) is 1.79. The van der Waals surface area contributed by atoms with E-state index in [1.165, 1.54) is 0 Å². The van der Waals surface area contributed by atoms with E-state index in [9.17, 15) is 0 Å². The molecule has 0 fully saturated rings. The molecule has 0 saturated carbocycles. The normalized spacial score (nSPS) is 10.1. The predicted molar refractivity (Wildman–Crippen MR) is 60.1 cm³/mol. The Morgan fingerprint density at radius 2 is 2.27 bits per heavy atom. The number of anilines is 1. The Labute approximate surface area is 90.1 Å². The Morgan fingerprint density at radius 3 is 2.93 bits per heavy atom. The monoisotopic (exact) mass is 210 g/mol. The molecule has 0 aliphatic carbocycles. The first-order chi connectivity index (χ1) is 7.26. The van der Waals surface area contributed by atoms with Gasteiger partial charge in [0, 0.05) is 19.2 Å². The fourth-order valence-corrected chi connectivity index (χ4v) is 1.12. The Hall–Kier alpha value is -1.36. The second-order valence-electron chi connectivity index (χ2n) is 3.20. The first kappa shape index (κ1) is 11.7. The fraction of sp³-hybridized carbons (Fsp3) is 0.600. The fourth-order valence-electron chi connectivity index (χ4n) is 1.12. The van der Waals surface area contributed by atoms with Crippen molar-refractivity contribution in [3.63, 3.8) is 0 Å². The average Bonchev–Trinajstić information content (AvgIpc) is 2.23. The SMILES string of the molecule is CCCNc1cc(OCCN)nc(C)n1. The molecule has 1 aromatic rings. The molecule has 1 rings (SSSR count). The molecule has 0 bridgehead atoms. The Balaban J connectivity index is 2.66. The van der Waals surface area contributed by atoms with E-state index >= 15 is 0 Å². The van der Waals surface area contributed by atoms with Crippen molar-refractivity contribution in [2.75, 3.05) is 25.0 Å². The first-order valence-corrected chi connectivity index (χ1v) is 5.18. The minimum Gasteiger partial charge on any atom is -0.476 e. The van der Waals surface area contributed by atoms with Gasteiger partial charge in [-0.2, -0.15) is 4.98 Å². The summed E-state index contributed by atoms with van der Waals surface area (Å²) >= 11 is 0. The molecule has 15 heavy (non-hydrogen) atoms. The van der Waals surface area contributed by atoms with Gasteiger partial charge in [0.05, 0.1) is 0 Å². The molecule has 0 atom stereocenters. The van der Waals surface area contributed by atoms with E-state index in [0.29, 0.717) is 24.9 Å². The molecule has 1 aromatic heterocycles. The third-order valence-electron chi connectivity index (χ3n) is 1.74. The third kappa shape index (κ3) is 4.12. The highest BCUT2D eigenvalue weighted by molar-refractivity contribution is 5.38. The van der Waals surface area contributed by atoms with Crippen molar-refractivity contribution >= 4 is 5.82 Å². The average molecular weight is 210 g/mol. The molecule has 5 heteroatoms. The maximum absolute atomic E-state index is 5.35. The number of nitrogens with two attached hydrogens (primary N) is 1. The van der Waals surface area contributed by atoms with Gasteiger partial charge in [-0.1, -0.05) is 6.92 Å². The zero-order chi connectivity index (χ0) is 11.1. The zero-order valence-electron chi connectivity index (χ0n) is 9.29. The van der Waals surface area contributed by atoms with Crippen molar-refractivity contribution in [1.82, 2.24) is 9.97 Å². The summed E-state index contributed by atoms with van der Waals surface area (Å²) in [6.45, 7) is 5.80. The summed E-state index contributed by atoms with van der Waals surface area (Å²) in [5.41, 5.74) is 5.35. The lowest BCUT2D eigenvalue weighted by atomic mass is 10.4. The Bertz CT molecular complexity index is 277. The lowest BCUT2D eigenvalue weighted by Crippen LogP contribution is -2.12. The lowest BCUT2D eigenvalue weighted by Gasteiger charge is -2.08. The van der Waals surface area contributed by atoms with Gasteiger partial charge in [-0.3, -0.25) is 0 Å². The van der Waals surface area contributed by atoms with Crippen LogP contribution in [0, 0.1) is 6.92 Å². The number of hydrogen-bond acceptors (Lipinski definition) is 5. The molecule has 0 radical (unpaired) electrons. The Kier molecular flexibility index (Phi) is 4.83. The van der Waals surface area contributed by atoms with Gasteiger partial charge in [0.15, 0.2) is 0 Å². The molecule has 0 aliphatic heterocycles. The van der Waals surface area contributed by atoms with Crippen LogP contribution in [0.1, 0.15) is 19.2 Å². The van der Waals surface area contributed by atoms with Crippen LogP contribution in [0.15, 0.2) is 6.07 Å². The van der Waals surface area contributed by atoms with Gasteiger partial charge < -0.3 is 15.8 Å². The number of nitrogens with zero attached hydrogens (tertiary/aromatic N) is 2. The van der Waals surface area contributed by atoms with Gasteiger partial charge in [-0.25, -0.2) is 4.98 Å². The molecular weight excluding hydrogens is 192 g/mol. The number of rotatable bonds is 6. The van der Waals surface area contributed by atoms with Crippen molar-refractivity contribution in [2.24, 2.45) is 5.73 Å². The van der Waals surface area contributed by atoms with Crippen LogP contribution in [-0.2, 0) is 0 Å². The van der Waals surface area contributed by atoms with Gasteiger partial charge in [0.25, 0.3) is 0 Å². The van der Waals surface area contributed by atoms with Gasteiger partial charge in [-0.15, -0.1) is 0 Å². The molecule has 1 heterocycles. The van der Waals surface area contributed by atoms with E-state index in [1.54, 1.807) is 6.07 Å². The van der Waals surface area contributed by atoms with Crippen LogP contribution in [0.2, 0.25) is 0 Å². The molecule has 0 unspecified atom stereocenters. The minimum absolute atomic E-state index is 0.476. The van der Waals surface area contributed by atoms with Crippen LogP contribution in [0.5, 0.6) is 5.88 Å². The predicted octanol–water partition coefficient (Wildman–Crippen LogP) is 0.944. The number of hydrogen-bond donors (Lipinski definition) is 2. The topological polar surface area (TPSA) is 73.1 Å². The molecule has 0 spiro atoms. The third-order valence-corrected chi connectivity index (χ3v) is 1.74. The van der Waals surface area contributed by atoms with E-state index in [1.807, 2.05) is 6.92 Å². The summed E-state index contributed by atoms with van der Waals surface area (Å²) in [7, 11) is 0. The summed E-state index contributed by atoms with van der Waals surface area (Å²) in [4.78, 5) is 8.40. The molecule has 0 aromatic carbocycles. The van der Waals surface area contributed by atoms with Crippen molar-refractivity contribution in [3.05, 3.63) is 11.9 Å². The molecule has 84 valence electrons. The van der Waals surface area contributed by atoms with Crippen molar-refractivity contribution in [3.8, 4) is 5.88 Å². The summed E-state index contributed by atoms with van der Waals surface area (Å²) < 4.78 is 5.34. The second kappa shape index (κ2) is 6.19. The lowest BCUT2D eigenvalue weighted by molar-refractivity contribution is 0.314. The highest BCUT2D eigenvalue weighted by atomic mass is 16.5. The van der Waals surface area contributed by atoms with E-state index in [0.717, 1.165) is 18.8 Å². The van der Waals surface area contributed by atoms with Gasteiger partial charge in [0.2, 0.25) is 5.88 Å². The maximum Gasteiger partial charge on any atom is 0.218 e. The van der Waals surface area contributed by atoms with Crippen molar-refractivity contribution in [1.29, 1.82) is 0 Å². The van der Waals surface area contributed by atoms with Gasteiger partial charge >= 0.3 is 0 Å². The largest absolute Gasteiger partial charge is 0.476 e. The van der Waals surface area contributed by atoms with E-state index in [4.69, 9.17) is 10.5 Å². The van der Waals surface area contributed by atoms with Crippen LogP contribution in [0.3, 0.4) is 0 Å². The van der Waals surface area contributed by atoms with Gasteiger partial charge in [0.1, 0.15) is 18.2 Å². The minimum atomic E-state index is 0.476. The highest BCUT2D eigenvalue weighted by Crippen LogP contribution is 2.12. The second-order valence-corrected chi connectivity index (χ2v) is 3.20. The number of aromatic nitrogens is 2. The quantitative estimate of drug-likeness (QED) is 0.731. The number of ether oxygens (including phenoxy) is 1. The molecule has 5 nitrogen and oxygen atoms in total. The molecule has 3 N–H and O–H groups in total. The first-order valence-electron chi connectivity index (χ1n) is 5.18. The zero-order valence-corrected chi connectivity index (χ0v) is 9.29. The van der Waals surface area contributed by atoms with Crippen LogP contribution in [0.25, 0.3) is 0 Å². The molecular formula is C10H18N4O. The van der Waals surface area contributed by atoms with Crippen LogP contribution in [0.4, 0.5) is 5.82 Å². The number of aryl methyl sites for hydroxylation is 1.